The maximum atomic E-state index is 14.2. The molecule has 0 aliphatic rings. The van der Waals surface area contributed by atoms with Crippen LogP contribution in [0.1, 0.15) is 43.9 Å². The minimum atomic E-state index is -4.11. The molecule has 3 rings (SSSR count). The Morgan fingerprint density at radius 3 is 2.27 bits per heavy atom. The molecule has 220 valence electrons. The van der Waals surface area contributed by atoms with E-state index in [0.717, 1.165) is 21.0 Å². The molecule has 0 aromatic heterocycles. The Bertz CT molecular complexity index is 1440. The van der Waals surface area contributed by atoms with Crippen LogP contribution < -0.4 is 14.4 Å². The van der Waals surface area contributed by atoms with Crippen LogP contribution in [0.15, 0.2) is 77.7 Å². The Kier molecular flexibility index (Phi) is 10.9. The molecule has 8 nitrogen and oxygen atoms in total. The number of hydrogen-bond acceptors (Lipinski definition) is 5. The second-order valence-corrected chi connectivity index (χ2v) is 12.4. The predicted octanol–water partition coefficient (Wildman–Crippen LogP) is 5.09. The third-order valence-electron chi connectivity index (χ3n) is 6.79. The molecule has 0 bridgehead atoms. The monoisotopic (exact) mass is 579 g/mol. The molecule has 1 atom stereocenters. The fourth-order valence-corrected chi connectivity index (χ4v) is 6.13. The van der Waals surface area contributed by atoms with Crippen LogP contribution in [0.25, 0.3) is 0 Å². The lowest BCUT2D eigenvalue weighted by Crippen LogP contribution is -2.52. The van der Waals surface area contributed by atoms with Crippen LogP contribution >= 0.6 is 0 Å². The Morgan fingerprint density at radius 2 is 1.66 bits per heavy atom. The first-order chi connectivity index (χ1) is 19.5. The lowest BCUT2D eigenvalue weighted by atomic mass is 10.1. The molecule has 2 amide bonds. The number of methoxy groups -OCH3 is 1. The predicted molar refractivity (Wildman–Crippen MR) is 162 cm³/mol. The minimum absolute atomic E-state index is 0.0776. The Hall–Kier alpha value is -3.85. The number of nitrogens with zero attached hydrogens (tertiary/aromatic N) is 2. The van der Waals surface area contributed by atoms with Crippen molar-refractivity contribution >= 4 is 27.5 Å². The van der Waals surface area contributed by atoms with Crippen molar-refractivity contribution in [3.63, 3.8) is 0 Å². The third-order valence-corrected chi connectivity index (χ3v) is 8.56. The lowest BCUT2D eigenvalue weighted by molar-refractivity contribution is -0.140. The second-order valence-electron chi connectivity index (χ2n) is 10.6. The van der Waals surface area contributed by atoms with E-state index in [4.69, 9.17) is 4.74 Å². The number of carbonyl (C=O) groups excluding carboxylic acids is 2. The van der Waals surface area contributed by atoms with Crippen LogP contribution in [0.4, 0.5) is 5.69 Å². The molecule has 1 N–H and O–H groups in total. The van der Waals surface area contributed by atoms with Gasteiger partial charge in [0.2, 0.25) is 11.8 Å². The first-order valence-corrected chi connectivity index (χ1v) is 15.3. The molecule has 41 heavy (non-hydrogen) atoms. The van der Waals surface area contributed by atoms with Gasteiger partial charge in [-0.25, -0.2) is 8.42 Å². The summed E-state index contributed by atoms with van der Waals surface area (Å²) < 4.78 is 34.5. The van der Waals surface area contributed by atoms with E-state index in [9.17, 15) is 18.0 Å². The zero-order valence-corrected chi connectivity index (χ0v) is 25.6. The Balaban J connectivity index is 2.08. The van der Waals surface area contributed by atoms with Crippen LogP contribution in [0, 0.1) is 19.8 Å². The van der Waals surface area contributed by atoms with Crippen LogP contribution in [-0.2, 0) is 26.2 Å². The maximum absolute atomic E-state index is 14.2. The fourth-order valence-electron chi connectivity index (χ4n) is 4.63. The summed E-state index contributed by atoms with van der Waals surface area (Å²) in [7, 11) is -2.55. The molecule has 3 aromatic carbocycles. The summed E-state index contributed by atoms with van der Waals surface area (Å²) in [5, 5.41) is 2.94. The van der Waals surface area contributed by atoms with Gasteiger partial charge in [-0.3, -0.25) is 13.9 Å². The average molecular weight is 580 g/mol. The summed E-state index contributed by atoms with van der Waals surface area (Å²) in [5.74, 6) is 0.0889. The third kappa shape index (κ3) is 8.10. The Labute approximate surface area is 244 Å². The highest BCUT2D eigenvalue weighted by Gasteiger charge is 2.34. The van der Waals surface area contributed by atoms with Gasteiger partial charge in [-0.15, -0.1) is 0 Å². The topological polar surface area (TPSA) is 96.0 Å². The number of sulfonamides is 1. The normalized spacial score (nSPS) is 12.1. The number of ether oxygens (including phenoxy) is 1. The summed E-state index contributed by atoms with van der Waals surface area (Å²) in [6.07, 6.45) is 0.356. The van der Waals surface area contributed by atoms with E-state index in [-0.39, 0.29) is 23.3 Å². The smallest absolute Gasteiger partial charge is 0.264 e. The van der Waals surface area contributed by atoms with Crippen LogP contribution in [-0.4, -0.2) is 51.4 Å². The van der Waals surface area contributed by atoms with E-state index in [1.807, 2.05) is 65.0 Å². The number of benzene rings is 3. The highest BCUT2D eigenvalue weighted by atomic mass is 32.2. The molecule has 0 saturated carbocycles. The van der Waals surface area contributed by atoms with E-state index in [2.05, 4.69) is 5.32 Å². The van der Waals surface area contributed by atoms with Crippen molar-refractivity contribution in [2.45, 2.75) is 58.5 Å². The van der Waals surface area contributed by atoms with Crippen molar-refractivity contribution < 1.29 is 22.7 Å². The van der Waals surface area contributed by atoms with Crippen molar-refractivity contribution in [1.82, 2.24) is 10.2 Å². The number of amides is 2. The van der Waals surface area contributed by atoms with Crippen LogP contribution in [0.3, 0.4) is 0 Å². The number of rotatable bonds is 13. The van der Waals surface area contributed by atoms with E-state index in [0.29, 0.717) is 24.4 Å². The number of nitrogens with one attached hydrogen (secondary N) is 1. The number of anilines is 1. The summed E-state index contributed by atoms with van der Waals surface area (Å²) in [5.41, 5.74) is 2.86. The fraction of sp³-hybridized carbons (Fsp3) is 0.375. The van der Waals surface area contributed by atoms with Gasteiger partial charge in [-0.1, -0.05) is 68.8 Å². The van der Waals surface area contributed by atoms with Gasteiger partial charge in [-0.2, -0.15) is 0 Å². The molecule has 0 radical (unpaired) electrons. The molecule has 0 fully saturated rings. The van der Waals surface area contributed by atoms with Gasteiger partial charge in [0.05, 0.1) is 17.7 Å². The molecule has 3 aromatic rings. The summed E-state index contributed by atoms with van der Waals surface area (Å²) in [4.78, 5) is 29.1. The number of hydrogen-bond donors (Lipinski definition) is 1. The molecule has 0 heterocycles. The molecule has 0 spiro atoms. The van der Waals surface area contributed by atoms with Gasteiger partial charge < -0.3 is 15.0 Å². The van der Waals surface area contributed by atoms with E-state index in [1.54, 1.807) is 37.4 Å². The zero-order chi connectivity index (χ0) is 30.2. The van der Waals surface area contributed by atoms with Crippen molar-refractivity contribution in [1.29, 1.82) is 0 Å². The molecule has 9 heteroatoms. The molecule has 1 unspecified atom stereocenters. The number of aryl methyl sites for hydroxylation is 2. The largest absolute Gasteiger partial charge is 0.497 e. The molecule has 0 aliphatic carbocycles. The Morgan fingerprint density at radius 1 is 0.951 bits per heavy atom. The van der Waals surface area contributed by atoms with E-state index >= 15 is 0 Å². The van der Waals surface area contributed by atoms with E-state index < -0.39 is 28.5 Å². The highest BCUT2D eigenvalue weighted by Crippen LogP contribution is 2.28. The van der Waals surface area contributed by atoms with Crippen molar-refractivity contribution in [3.8, 4) is 5.75 Å². The van der Waals surface area contributed by atoms with Crippen molar-refractivity contribution in [3.05, 3.63) is 89.5 Å². The van der Waals surface area contributed by atoms with Gasteiger partial charge in [-0.05, 0) is 67.6 Å². The summed E-state index contributed by atoms with van der Waals surface area (Å²) in [6, 6.07) is 20.0. The lowest BCUT2D eigenvalue weighted by Gasteiger charge is -2.33. The van der Waals surface area contributed by atoms with Gasteiger partial charge in [0.15, 0.2) is 0 Å². The average Bonchev–Trinajstić information content (AvgIpc) is 2.95. The first-order valence-electron chi connectivity index (χ1n) is 13.8. The van der Waals surface area contributed by atoms with Gasteiger partial charge >= 0.3 is 0 Å². The van der Waals surface area contributed by atoms with Gasteiger partial charge in [0, 0.05) is 13.1 Å². The first kappa shape index (κ1) is 31.7. The molecular weight excluding hydrogens is 538 g/mol. The van der Waals surface area contributed by atoms with Gasteiger partial charge in [0.25, 0.3) is 10.0 Å². The molecular formula is C32H41N3O5S. The van der Waals surface area contributed by atoms with Crippen LogP contribution in [0.5, 0.6) is 5.75 Å². The van der Waals surface area contributed by atoms with E-state index in [1.165, 1.54) is 17.0 Å². The molecule has 0 saturated heterocycles. The highest BCUT2D eigenvalue weighted by molar-refractivity contribution is 7.92. The van der Waals surface area contributed by atoms with Crippen molar-refractivity contribution in [2.24, 2.45) is 5.92 Å². The maximum Gasteiger partial charge on any atom is 0.264 e. The quantitative estimate of drug-likeness (QED) is 0.305. The minimum Gasteiger partial charge on any atom is -0.497 e. The summed E-state index contributed by atoms with van der Waals surface area (Å²) >= 11 is 0. The second kappa shape index (κ2) is 14.2. The standard InChI is InChI=1S/C32H41N3O5S/c1-7-29(32(37)33-20-23(2)3)34(21-26-12-11-13-27(19-26)40-6)31(36)22-35(30-17-16-24(4)18-25(30)5)41(38,39)28-14-9-8-10-15-28/h8-19,23,29H,7,20-22H2,1-6H3,(H,33,37). The zero-order valence-electron chi connectivity index (χ0n) is 24.8. The van der Waals surface area contributed by atoms with Crippen molar-refractivity contribution in [2.75, 3.05) is 24.5 Å². The molecule has 0 aliphatic heterocycles. The SMILES string of the molecule is CCC(C(=O)NCC(C)C)N(Cc1cccc(OC)c1)C(=O)CN(c1ccc(C)cc1C)S(=O)(=O)c1ccccc1. The summed E-state index contributed by atoms with van der Waals surface area (Å²) in [6.45, 7) is 9.68. The van der Waals surface area contributed by atoms with Crippen LogP contribution in [0.2, 0.25) is 0 Å². The van der Waals surface area contributed by atoms with Gasteiger partial charge in [0.1, 0.15) is 18.3 Å². The number of carbonyl (C=O) groups is 2.